The topological polar surface area (TPSA) is 62.7 Å². The van der Waals surface area contributed by atoms with Gasteiger partial charge in [0.1, 0.15) is 0 Å². The molecule has 4 heteroatoms. The summed E-state index contributed by atoms with van der Waals surface area (Å²) in [5.41, 5.74) is 1.37. The Hall–Kier alpha value is -2.15. The number of hydrogen-bond donors (Lipinski definition) is 0. The number of nitriles is 1. The van der Waals surface area contributed by atoms with E-state index in [1.54, 1.807) is 18.2 Å². The zero-order chi connectivity index (χ0) is 12.3. The average molecular weight is 227 g/mol. The first kappa shape index (κ1) is 11.3. The highest BCUT2D eigenvalue weighted by Crippen LogP contribution is 2.22. The van der Waals surface area contributed by atoms with Gasteiger partial charge in [0, 0.05) is 11.5 Å². The Kier molecular flexibility index (Phi) is 3.20. The van der Waals surface area contributed by atoms with Gasteiger partial charge in [-0.15, -0.1) is 0 Å². The predicted molar refractivity (Wildman–Crippen MR) is 63.2 cm³/mol. The van der Waals surface area contributed by atoms with Gasteiger partial charge in [-0.1, -0.05) is 25.1 Å². The van der Waals surface area contributed by atoms with E-state index in [1.165, 1.54) is 0 Å². The third-order valence-electron chi connectivity index (χ3n) is 2.73. The van der Waals surface area contributed by atoms with Crippen molar-refractivity contribution in [2.45, 2.75) is 26.2 Å². The van der Waals surface area contributed by atoms with Gasteiger partial charge in [0.25, 0.3) is 5.89 Å². The summed E-state index contributed by atoms with van der Waals surface area (Å²) in [7, 11) is 0. The molecule has 0 saturated heterocycles. The van der Waals surface area contributed by atoms with Gasteiger partial charge in [0.05, 0.1) is 11.6 Å². The van der Waals surface area contributed by atoms with Crippen molar-refractivity contribution in [2.75, 3.05) is 0 Å². The van der Waals surface area contributed by atoms with Crippen LogP contribution in [0.15, 0.2) is 28.8 Å². The molecule has 0 amide bonds. The molecule has 1 heterocycles. The van der Waals surface area contributed by atoms with Crippen molar-refractivity contribution in [1.82, 2.24) is 10.1 Å². The van der Waals surface area contributed by atoms with E-state index < -0.39 is 0 Å². The summed E-state index contributed by atoms with van der Waals surface area (Å²) in [6, 6.07) is 9.24. The molecule has 1 aromatic heterocycles. The van der Waals surface area contributed by atoms with Crippen LogP contribution >= 0.6 is 0 Å². The lowest BCUT2D eigenvalue weighted by Gasteiger charge is -1.98. The monoisotopic (exact) mass is 227 g/mol. The van der Waals surface area contributed by atoms with Gasteiger partial charge in [0.2, 0.25) is 0 Å². The molecule has 4 nitrogen and oxygen atoms in total. The van der Waals surface area contributed by atoms with Crippen molar-refractivity contribution in [3.05, 3.63) is 35.7 Å². The Morgan fingerprint density at radius 1 is 1.47 bits per heavy atom. The highest BCUT2D eigenvalue weighted by atomic mass is 16.5. The molecule has 86 valence electrons. The standard InChI is InChI=1S/C13H13N3O/c1-3-9(2)12-15-13(17-16-12)11-6-4-5-10(7-11)8-14/h4-7,9H,3H2,1-2H3. The van der Waals surface area contributed by atoms with Gasteiger partial charge in [-0.05, 0) is 24.6 Å². The van der Waals surface area contributed by atoms with Crippen LogP contribution in [-0.2, 0) is 0 Å². The van der Waals surface area contributed by atoms with Crippen molar-refractivity contribution in [3.8, 4) is 17.5 Å². The Morgan fingerprint density at radius 3 is 3.00 bits per heavy atom. The van der Waals surface area contributed by atoms with Crippen LogP contribution in [-0.4, -0.2) is 10.1 Å². The van der Waals surface area contributed by atoms with Crippen LogP contribution in [0.4, 0.5) is 0 Å². The summed E-state index contributed by atoms with van der Waals surface area (Å²) < 4.78 is 5.20. The quantitative estimate of drug-likeness (QED) is 0.808. The minimum absolute atomic E-state index is 0.284. The van der Waals surface area contributed by atoms with E-state index in [1.807, 2.05) is 6.07 Å². The maximum absolute atomic E-state index is 8.82. The summed E-state index contributed by atoms with van der Waals surface area (Å²) >= 11 is 0. The number of rotatable bonds is 3. The number of benzene rings is 1. The fourth-order valence-corrected chi connectivity index (χ4v) is 1.46. The molecule has 0 fully saturated rings. The SMILES string of the molecule is CCC(C)c1noc(-c2cccc(C#N)c2)n1. The number of aromatic nitrogens is 2. The maximum atomic E-state index is 8.82. The lowest BCUT2D eigenvalue weighted by molar-refractivity contribution is 0.416. The lowest BCUT2D eigenvalue weighted by atomic mass is 10.1. The molecule has 17 heavy (non-hydrogen) atoms. The second-order valence-corrected chi connectivity index (χ2v) is 3.96. The molecule has 0 saturated carbocycles. The van der Waals surface area contributed by atoms with Crippen LogP contribution in [0.2, 0.25) is 0 Å². The molecule has 2 rings (SSSR count). The molecule has 1 unspecified atom stereocenters. The number of nitrogens with zero attached hydrogens (tertiary/aromatic N) is 3. The zero-order valence-corrected chi connectivity index (χ0v) is 9.84. The first-order valence-corrected chi connectivity index (χ1v) is 5.58. The molecule has 2 aromatic rings. The van der Waals surface area contributed by atoms with E-state index in [4.69, 9.17) is 9.78 Å². The molecule has 0 N–H and O–H groups in total. The molecule has 0 aliphatic carbocycles. The first-order chi connectivity index (χ1) is 8.24. The zero-order valence-electron chi connectivity index (χ0n) is 9.84. The highest BCUT2D eigenvalue weighted by Gasteiger charge is 2.13. The highest BCUT2D eigenvalue weighted by molar-refractivity contribution is 5.55. The van der Waals surface area contributed by atoms with Crippen molar-refractivity contribution < 1.29 is 4.52 Å². The normalized spacial score (nSPS) is 12.1. The largest absolute Gasteiger partial charge is 0.334 e. The van der Waals surface area contributed by atoms with Crippen LogP contribution in [0.25, 0.3) is 11.5 Å². The summed E-state index contributed by atoms with van der Waals surface area (Å²) in [5.74, 6) is 1.47. The second kappa shape index (κ2) is 4.79. The second-order valence-electron chi connectivity index (χ2n) is 3.96. The molecule has 0 spiro atoms. The van der Waals surface area contributed by atoms with Crippen molar-refractivity contribution >= 4 is 0 Å². The molecular weight excluding hydrogens is 214 g/mol. The van der Waals surface area contributed by atoms with Crippen LogP contribution < -0.4 is 0 Å². The van der Waals surface area contributed by atoms with Gasteiger partial charge in [-0.3, -0.25) is 0 Å². The van der Waals surface area contributed by atoms with Crippen LogP contribution in [0, 0.1) is 11.3 Å². The predicted octanol–water partition coefficient (Wildman–Crippen LogP) is 3.12. The summed E-state index contributed by atoms with van der Waals surface area (Å²) in [4.78, 5) is 4.34. The summed E-state index contributed by atoms with van der Waals surface area (Å²) in [6.45, 7) is 4.14. The van der Waals surface area contributed by atoms with Gasteiger partial charge in [-0.2, -0.15) is 10.2 Å². The Balaban J connectivity index is 2.34. The minimum atomic E-state index is 0.284. The molecule has 0 radical (unpaired) electrons. The van der Waals surface area contributed by atoms with Gasteiger partial charge >= 0.3 is 0 Å². The summed E-state index contributed by atoms with van der Waals surface area (Å²) in [6.07, 6.45) is 0.969. The van der Waals surface area contributed by atoms with E-state index in [-0.39, 0.29) is 5.92 Å². The fraction of sp³-hybridized carbons (Fsp3) is 0.308. The van der Waals surface area contributed by atoms with Crippen molar-refractivity contribution in [1.29, 1.82) is 5.26 Å². The third-order valence-corrected chi connectivity index (χ3v) is 2.73. The summed E-state index contributed by atoms with van der Waals surface area (Å²) in [5, 5.41) is 12.8. The van der Waals surface area contributed by atoms with E-state index in [2.05, 4.69) is 30.1 Å². The Labute approximate surface area is 99.9 Å². The lowest BCUT2D eigenvalue weighted by Crippen LogP contribution is -1.93. The van der Waals surface area contributed by atoms with Crippen molar-refractivity contribution in [3.63, 3.8) is 0 Å². The Morgan fingerprint density at radius 2 is 2.29 bits per heavy atom. The molecule has 0 aliphatic rings. The molecule has 1 atom stereocenters. The Bertz CT molecular complexity index is 554. The number of hydrogen-bond acceptors (Lipinski definition) is 4. The molecule has 0 bridgehead atoms. The van der Waals surface area contributed by atoms with E-state index in [0.29, 0.717) is 17.3 Å². The molecular formula is C13H13N3O. The molecule has 0 aliphatic heterocycles. The smallest absolute Gasteiger partial charge is 0.257 e. The van der Waals surface area contributed by atoms with Crippen LogP contribution in [0.1, 0.15) is 37.6 Å². The van der Waals surface area contributed by atoms with Gasteiger partial charge in [-0.25, -0.2) is 0 Å². The third kappa shape index (κ3) is 2.34. The fourth-order valence-electron chi connectivity index (χ4n) is 1.46. The van der Waals surface area contributed by atoms with Gasteiger partial charge in [0.15, 0.2) is 5.82 Å². The maximum Gasteiger partial charge on any atom is 0.257 e. The average Bonchev–Trinajstić information content (AvgIpc) is 2.87. The van der Waals surface area contributed by atoms with E-state index >= 15 is 0 Å². The van der Waals surface area contributed by atoms with E-state index in [0.717, 1.165) is 12.0 Å². The van der Waals surface area contributed by atoms with Gasteiger partial charge < -0.3 is 4.52 Å². The van der Waals surface area contributed by atoms with Crippen molar-refractivity contribution in [2.24, 2.45) is 0 Å². The van der Waals surface area contributed by atoms with Crippen LogP contribution in [0.5, 0.6) is 0 Å². The van der Waals surface area contributed by atoms with Crippen LogP contribution in [0.3, 0.4) is 0 Å². The van der Waals surface area contributed by atoms with E-state index in [9.17, 15) is 0 Å². The minimum Gasteiger partial charge on any atom is -0.334 e. The first-order valence-electron chi connectivity index (χ1n) is 5.58. The molecule has 1 aromatic carbocycles.